The number of hydrogen-bond donors (Lipinski definition) is 2. The quantitative estimate of drug-likeness (QED) is 0.578. The normalized spacial score (nSPS) is 36.3. The molecule has 1 aliphatic heterocycles. The Morgan fingerprint density at radius 3 is 2.83 bits per heavy atom. The molecule has 0 saturated carbocycles. The average molecular weight is 176 g/mol. The van der Waals surface area contributed by atoms with Crippen LogP contribution < -0.4 is 0 Å². The van der Waals surface area contributed by atoms with E-state index in [2.05, 4.69) is 0 Å². The highest BCUT2D eigenvalue weighted by Gasteiger charge is 2.33. The number of aliphatic hydroxyl groups is 1. The van der Waals surface area contributed by atoms with E-state index in [1.165, 1.54) is 7.11 Å². The summed E-state index contributed by atoms with van der Waals surface area (Å²) in [4.78, 5) is 10.5. The molecule has 1 heterocycles. The van der Waals surface area contributed by atoms with E-state index in [4.69, 9.17) is 14.6 Å². The Labute approximate surface area is 69.9 Å². The highest BCUT2D eigenvalue weighted by atomic mass is 16.5. The van der Waals surface area contributed by atoms with Gasteiger partial charge in [0.25, 0.3) is 0 Å². The third-order valence-electron chi connectivity index (χ3n) is 1.92. The van der Waals surface area contributed by atoms with Gasteiger partial charge < -0.3 is 19.7 Å². The van der Waals surface area contributed by atoms with Crippen LogP contribution in [0.3, 0.4) is 0 Å². The first kappa shape index (κ1) is 9.44. The van der Waals surface area contributed by atoms with Crippen molar-refractivity contribution in [2.24, 2.45) is 0 Å². The molecule has 2 unspecified atom stereocenters. The minimum absolute atomic E-state index is 0.0233. The van der Waals surface area contributed by atoms with Gasteiger partial charge in [0.15, 0.2) is 6.10 Å². The summed E-state index contributed by atoms with van der Waals surface area (Å²) in [6.45, 7) is 0.0233. The van der Waals surface area contributed by atoms with E-state index in [0.29, 0.717) is 0 Å². The molecule has 0 aromatic rings. The second-order valence-electron chi connectivity index (χ2n) is 2.74. The molecule has 2 N–H and O–H groups in total. The number of carbonyl (C=O) groups is 1. The van der Waals surface area contributed by atoms with E-state index < -0.39 is 24.3 Å². The molecule has 1 fully saturated rings. The summed E-state index contributed by atoms with van der Waals surface area (Å²) in [5.41, 5.74) is 0. The van der Waals surface area contributed by atoms with Crippen LogP contribution in [0.15, 0.2) is 0 Å². The van der Waals surface area contributed by atoms with Crippen LogP contribution in [-0.2, 0) is 14.3 Å². The molecule has 1 aliphatic rings. The SMILES string of the molecule is CO[C@@H]1CC(C(=O)O)OCC1O. The predicted molar refractivity (Wildman–Crippen MR) is 38.8 cm³/mol. The van der Waals surface area contributed by atoms with Crippen molar-refractivity contribution in [3.63, 3.8) is 0 Å². The van der Waals surface area contributed by atoms with Gasteiger partial charge in [-0.2, -0.15) is 0 Å². The summed E-state index contributed by atoms with van der Waals surface area (Å²) in [6, 6.07) is 0. The molecular formula is C7H12O5. The van der Waals surface area contributed by atoms with Crippen LogP contribution in [0.1, 0.15) is 6.42 Å². The van der Waals surface area contributed by atoms with Crippen LogP contribution in [0, 0.1) is 0 Å². The average Bonchev–Trinajstić information content (AvgIpc) is 2.05. The topological polar surface area (TPSA) is 76.0 Å². The first-order chi connectivity index (χ1) is 5.65. The Kier molecular flexibility index (Phi) is 3.02. The van der Waals surface area contributed by atoms with E-state index in [9.17, 15) is 9.90 Å². The summed E-state index contributed by atoms with van der Waals surface area (Å²) in [7, 11) is 1.44. The number of methoxy groups -OCH3 is 1. The lowest BCUT2D eigenvalue weighted by Gasteiger charge is -2.30. The van der Waals surface area contributed by atoms with Crippen molar-refractivity contribution in [2.45, 2.75) is 24.7 Å². The van der Waals surface area contributed by atoms with Crippen molar-refractivity contribution in [3.05, 3.63) is 0 Å². The molecule has 1 rings (SSSR count). The fourth-order valence-electron chi connectivity index (χ4n) is 1.18. The molecule has 12 heavy (non-hydrogen) atoms. The van der Waals surface area contributed by atoms with Crippen molar-refractivity contribution in [2.75, 3.05) is 13.7 Å². The van der Waals surface area contributed by atoms with Crippen LogP contribution in [0.5, 0.6) is 0 Å². The zero-order valence-corrected chi connectivity index (χ0v) is 6.77. The van der Waals surface area contributed by atoms with Gasteiger partial charge in [-0.1, -0.05) is 0 Å². The molecule has 70 valence electrons. The summed E-state index contributed by atoms with van der Waals surface area (Å²) in [6.07, 6.45) is -1.80. The minimum Gasteiger partial charge on any atom is -0.479 e. The number of aliphatic carboxylic acids is 1. The second kappa shape index (κ2) is 3.84. The van der Waals surface area contributed by atoms with Gasteiger partial charge in [0.1, 0.15) is 6.10 Å². The largest absolute Gasteiger partial charge is 0.479 e. The van der Waals surface area contributed by atoms with E-state index in [-0.39, 0.29) is 13.0 Å². The Morgan fingerprint density at radius 1 is 1.67 bits per heavy atom. The summed E-state index contributed by atoms with van der Waals surface area (Å²) < 4.78 is 9.74. The van der Waals surface area contributed by atoms with Gasteiger partial charge >= 0.3 is 5.97 Å². The third kappa shape index (κ3) is 1.94. The predicted octanol–water partition coefficient (Wildman–Crippen LogP) is -0.764. The Balaban J connectivity index is 2.49. The number of hydrogen-bond acceptors (Lipinski definition) is 4. The van der Waals surface area contributed by atoms with Gasteiger partial charge in [0, 0.05) is 13.5 Å². The molecule has 0 spiro atoms. The van der Waals surface area contributed by atoms with Crippen molar-refractivity contribution in [1.29, 1.82) is 0 Å². The molecule has 0 radical (unpaired) electrons. The third-order valence-corrected chi connectivity index (χ3v) is 1.92. The Hall–Kier alpha value is -0.650. The number of carboxylic acids is 1. The van der Waals surface area contributed by atoms with Crippen LogP contribution in [0.2, 0.25) is 0 Å². The highest BCUT2D eigenvalue weighted by molar-refractivity contribution is 5.72. The first-order valence-corrected chi connectivity index (χ1v) is 3.70. The maximum Gasteiger partial charge on any atom is 0.332 e. The van der Waals surface area contributed by atoms with Crippen LogP contribution >= 0.6 is 0 Å². The lowest BCUT2D eigenvalue weighted by molar-refractivity contribution is -0.171. The van der Waals surface area contributed by atoms with Gasteiger partial charge in [-0.05, 0) is 0 Å². The fourth-order valence-corrected chi connectivity index (χ4v) is 1.18. The van der Waals surface area contributed by atoms with Crippen molar-refractivity contribution < 1.29 is 24.5 Å². The van der Waals surface area contributed by atoms with Gasteiger partial charge in [-0.3, -0.25) is 0 Å². The van der Waals surface area contributed by atoms with Crippen LogP contribution in [0.25, 0.3) is 0 Å². The fraction of sp³-hybridized carbons (Fsp3) is 0.857. The number of rotatable bonds is 2. The van der Waals surface area contributed by atoms with Gasteiger partial charge in [0.2, 0.25) is 0 Å². The Bertz CT molecular complexity index is 169. The molecule has 5 nitrogen and oxygen atoms in total. The van der Waals surface area contributed by atoms with Gasteiger partial charge in [-0.25, -0.2) is 4.79 Å². The monoisotopic (exact) mass is 176 g/mol. The zero-order chi connectivity index (χ0) is 9.14. The molecule has 0 aromatic heterocycles. The molecule has 3 atom stereocenters. The van der Waals surface area contributed by atoms with E-state index in [1.54, 1.807) is 0 Å². The molecular weight excluding hydrogens is 164 g/mol. The number of aliphatic hydroxyl groups excluding tert-OH is 1. The number of carboxylic acid groups (broad SMARTS) is 1. The van der Waals surface area contributed by atoms with Crippen LogP contribution in [-0.4, -0.2) is 48.2 Å². The van der Waals surface area contributed by atoms with Crippen LogP contribution in [0.4, 0.5) is 0 Å². The van der Waals surface area contributed by atoms with E-state index in [1.807, 2.05) is 0 Å². The maximum absolute atomic E-state index is 10.5. The highest BCUT2D eigenvalue weighted by Crippen LogP contribution is 2.16. The standard InChI is InChI=1S/C7H12O5/c1-11-5-2-6(7(9)10)12-3-4(5)8/h4-6,8H,2-3H2,1H3,(H,9,10)/t4?,5-,6?/m1/s1. The summed E-state index contributed by atoms with van der Waals surface area (Å²) in [5.74, 6) is -1.01. The maximum atomic E-state index is 10.5. The van der Waals surface area contributed by atoms with Crippen molar-refractivity contribution in [3.8, 4) is 0 Å². The number of ether oxygens (including phenoxy) is 2. The summed E-state index contributed by atoms with van der Waals surface area (Å²) >= 11 is 0. The van der Waals surface area contributed by atoms with Crippen molar-refractivity contribution in [1.82, 2.24) is 0 Å². The first-order valence-electron chi connectivity index (χ1n) is 3.70. The molecule has 0 aromatic carbocycles. The minimum atomic E-state index is -1.01. The lowest BCUT2D eigenvalue weighted by atomic mass is 10.0. The van der Waals surface area contributed by atoms with E-state index >= 15 is 0 Å². The second-order valence-corrected chi connectivity index (χ2v) is 2.74. The molecule has 1 saturated heterocycles. The summed E-state index contributed by atoms with van der Waals surface area (Å²) in [5, 5.41) is 17.8. The lowest BCUT2D eigenvalue weighted by Crippen LogP contribution is -2.45. The molecule has 0 bridgehead atoms. The van der Waals surface area contributed by atoms with Gasteiger partial charge in [-0.15, -0.1) is 0 Å². The zero-order valence-electron chi connectivity index (χ0n) is 6.77. The van der Waals surface area contributed by atoms with Crippen molar-refractivity contribution >= 4 is 5.97 Å². The molecule has 5 heteroatoms. The smallest absolute Gasteiger partial charge is 0.332 e. The molecule has 0 amide bonds. The van der Waals surface area contributed by atoms with E-state index in [0.717, 1.165) is 0 Å². The molecule has 0 aliphatic carbocycles. The Morgan fingerprint density at radius 2 is 2.33 bits per heavy atom. The van der Waals surface area contributed by atoms with Gasteiger partial charge in [0.05, 0.1) is 12.7 Å².